The fraction of sp³-hybridized carbons (Fsp3) is 0.522. The molecule has 0 fully saturated rings. The Morgan fingerprint density at radius 2 is 1.60 bits per heavy atom. The minimum absolute atomic E-state index is 0.135. The molecule has 0 saturated heterocycles. The molecule has 0 atom stereocenters. The Morgan fingerprint density at radius 1 is 0.920 bits per heavy atom. The summed E-state index contributed by atoms with van der Waals surface area (Å²) in [5, 5.41) is 0.809. The molecule has 0 bridgehead atoms. The van der Waals surface area contributed by atoms with E-state index >= 15 is 0 Å². The van der Waals surface area contributed by atoms with Crippen LogP contribution >= 0.6 is 0 Å². The van der Waals surface area contributed by atoms with E-state index in [-0.39, 0.29) is 5.43 Å². The van der Waals surface area contributed by atoms with Crippen molar-refractivity contribution in [1.29, 1.82) is 0 Å². The predicted octanol–water partition coefficient (Wildman–Crippen LogP) is 6.17. The van der Waals surface area contributed by atoms with Gasteiger partial charge in [0.15, 0.2) is 5.43 Å². The van der Waals surface area contributed by atoms with Gasteiger partial charge in [0.05, 0.1) is 5.52 Å². The van der Waals surface area contributed by atoms with Gasteiger partial charge in [0, 0.05) is 24.2 Å². The van der Waals surface area contributed by atoms with Crippen LogP contribution in [0.1, 0.15) is 70.4 Å². The van der Waals surface area contributed by atoms with E-state index in [0.717, 1.165) is 29.4 Å². The van der Waals surface area contributed by atoms with Crippen molar-refractivity contribution in [3.8, 4) is 0 Å². The maximum atomic E-state index is 12.2. The van der Waals surface area contributed by atoms with Crippen molar-refractivity contribution in [3.63, 3.8) is 0 Å². The number of aryl methyl sites for hydroxylation is 2. The highest BCUT2D eigenvalue weighted by molar-refractivity contribution is 5.79. The van der Waals surface area contributed by atoms with Gasteiger partial charge in [-0.25, -0.2) is 0 Å². The summed E-state index contributed by atoms with van der Waals surface area (Å²) in [6.45, 7) is 2.26. The summed E-state index contributed by atoms with van der Waals surface area (Å²) in [5.74, 6) is 0. The fourth-order valence-corrected chi connectivity index (χ4v) is 3.38. The second-order valence-corrected chi connectivity index (χ2v) is 7.00. The Kier molecular flexibility index (Phi) is 8.51. The third-order valence-corrected chi connectivity index (χ3v) is 4.97. The van der Waals surface area contributed by atoms with Crippen molar-refractivity contribution >= 4 is 10.9 Å². The summed E-state index contributed by atoms with van der Waals surface area (Å²) in [5.41, 5.74) is 2.28. The number of aromatic nitrogens is 1. The minimum atomic E-state index is 0.135. The average Bonchev–Trinajstić information content (AvgIpc) is 2.63. The lowest BCUT2D eigenvalue weighted by molar-refractivity contribution is 0.592. The molecular formula is C23H33NO. The summed E-state index contributed by atoms with van der Waals surface area (Å²) in [6.07, 6.45) is 17.2. The summed E-state index contributed by atoms with van der Waals surface area (Å²) in [4.78, 5) is 12.2. The molecule has 136 valence electrons. The van der Waals surface area contributed by atoms with Gasteiger partial charge in [-0.1, -0.05) is 69.7 Å². The van der Waals surface area contributed by atoms with Crippen molar-refractivity contribution in [1.82, 2.24) is 4.57 Å². The smallest absolute Gasteiger partial charge is 0.189 e. The molecule has 0 unspecified atom stereocenters. The Labute approximate surface area is 152 Å². The molecule has 0 amide bonds. The van der Waals surface area contributed by atoms with Gasteiger partial charge < -0.3 is 4.57 Å². The molecule has 2 aromatic rings. The first-order chi connectivity index (χ1) is 12.2. The molecule has 0 saturated carbocycles. The lowest BCUT2D eigenvalue weighted by Crippen LogP contribution is -2.11. The van der Waals surface area contributed by atoms with E-state index in [1.165, 1.54) is 51.4 Å². The van der Waals surface area contributed by atoms with E-state index in [0.29, 0.717) is 0 Å². The quantitative estimate of drug-likeness (QED) is 0.354. The number of unbranched alkanes of at least 4 members (excludes halogenated alkanes) is 7. The monoisotopic (exact) mass is 339 g/mol. The molecule has 0 spiro atoms. The van der Waals surface area contributed by atoms with Gasteiger partial charge in [-0.05, 0) is 37.8 Å². The zero-order valence-corrected chi connectivity index (χ0v) is 16.0. The fourth-order valence-electron chi connectivity index (χ4n) is 3.38. The minimum Gasteiger partial charge on any atom is -0.347 e. The van der Waals surface area contributed by atoms with E-state index < -0.39 is 0 Å². The highest BCUT2D eigenvalue weighted by Gasteiger charge is 2.04. The number of fused-ring (bicyclic) bond motifs is 1. The molecule has 25 heavy (non-hydrogen) atoms. The van der Waals surface area contributed by atoms with Gasteiger partial charge in [-0.2, -0.15) is 0 Å². The highest BCUT2D eigenvalue weighted by atomic mass is 16.1. The molecule has 2 heteroatoms. The third-order valence-electron chi connectivity index (χ3n) is 4.97. The molecule has 0 radical (unpaired) electrons. The number of hydrogen-bond donors (Lipinski definition) is 0. The summed E-state index contributed by atoms with van der Waals surface area (Å²) in [6, 6.07) is 9.65. The molecular weight excluding hydrogens is 306 g/mol. The number of hydrogen-bond acceptors (Lipinski definition) is 1. The zero-order chi connectivity index (χ0) is 17.9. The van der Waals surface area contributed by atoms with Crippen LogP contribution in [0.5, 0.6) is 0 Å². The van der Waals surface area contributed by atoms with Gasteiger partial charge in [0.2, 0.25) is 0 Å². The number of nitrogens with zero attached hydrogens (tertiary/aromatic N) is 1. The normalized spacial score (nSPS) is 11.6. The number of rotatable bonds is 11. The number of benzene rings is 1. The second-order valence-electron chi connectivity index (χ2n) is 7.00. The number of pyridine rings is 1. The van der Waals surface area contributed by atoms with Crippen LogP contribution in [0.2, 0.25) is 0 Å². The molecule has 1 heterocycles. The maximum absolute atomic E-state index is 12.2. The van der Waals surface area contributed by atoms with Crippen molar-refractivity contribution in [2.24, 2.45) is 7.05 Å². The van der Waals surface area contributed by atoms with Crippen LogP contribution in [0.4, 0.5) is 0 Å². The maximum Gasteiger partial charge on any atom is 0.189 e. The predicted molar refractivity (Wildman–Crippen MR) is 109 cm³/mol. The van der Waals surface area contributed by atoms with Gasteiger partial charge in [-0.3, -0.25) is 4.79 Å². The standard InChI is InChI=1S/C23H33NO/c1-3-4-5-6-7-8-9-10-11-12-13-16-20-19-23(25)21-17-14-15-18-22(21)24(20)2/h11-12,14-15,17-19H,3-10,13,16H2,1-2H3/b12-11-. The van der Waals surface area contributed by atoms with Crippen LogP contribution in [0.25, 0.3) is 10.9 Å². The molecule has 1 aromatic heterocycles. The highest BCUT2D eigenvalue weighted by Crippen LogP contribution is 2.13. The molecule has 0 aliphatic heterocycles. The summed E-state index contributed by atoms with van der Waals surface area (Å²) >= 11 is 0. The first-order valence-corrected chi connectivity index (χ1v) is 9.96. The van der Waals surface area contributed by atoms with E-state index in [1.54, 1.807) is 6.07 Å². The van der Waals surface area contributed by atoms with E-state index in [9.17, 15) is 4.79 Å². The SMILES string of the molecule is CCCCCCCCC/C=C\CCc1cc(=O)c2ccccc2n1C. The molecule has 0 N–H and O–H groups in total. The van der Waals surface area contributed by atoms with Gasteiger partial charge in [0.1, 0.15) is 0 Å². The lowest BCUT2D eigenvalue weighted by atomic mass is 10.1. The van der Waals surface area contributed by atoms with Crippen molar-refractivity contribution < 1.29 is 0 Å². The Morgan fingerprint density at radius 3 is 2.40 bits per heavy atom. The van der Waals surface area contributed by atoms with E-state index in [4.69, 9.17) is 0 Å². The zero-order valence-electron chi connectivity index (χ0n) is 16.0. The van der Waals surface area contributed by atoms with Crippen LogP contribution in [-0.2, 0) is 13.5 Å². The van der Waals surface area contributed by atoms with Crippen LogP contribution in [0, 0.1) is 0 Å². The third kappa shape index (κ3) is 6.19. The van der Waals surface area contributed by atoms with E-state index in [2.05, 4.69) is 30.7 Å². The Balaban J connectivity index is 1.72. The van der Waals surface area contributed by atoms with Crippen molar-refractivity contribution in [3.05, 3.63) is 58.4 Å². The first kappa shape index (κ1) is 19.5. The first-order valence-electron chi connectivity index (χ1n) is 9.96. The molecule has 1 aromatic carbocycles. The molecule has 2 nitrogen and oxygen atoms in total. The van der Waals surface area contributed by atoms with E-state index in [1.807, 2.05) is 24.3 Å². The summed E-state index contributed by atoms with van der Waals surface area (Å²) < 4.78 is 2.15. The van der Waals surface area contributed by atoms with Crippen molar-refractivity contribution in [2.45, 2.75) is 71.1 Å². The van der Waals surface area contributed by atoms with Crippen LogP contribution < -0.4 is 5.43 Å². The van der Waals surface area contributed by atoms with Crippen LogP contribution in [0.3, 0.4) is 0 Å². The van der Waals surface area contributed by atoms with Crippen molar-refractivity contribution in [2.75, 3.05) is 0 Å². The van der Waals surface area contributed by atoms with Gasteiger partial charge in [-0.15, -0.1) is 0 Å². The largest absolute Gasteiger partial charge is 0.347 e. The molecule has 0 aliphatic carbocycles. The second kappa shape index (κ2) is 10.9. The summed E-state index contributed by atoms with van der Waals surface area (Å²) in [7, 11) is 2.05. The number of allylic oxidation sites excluding steroid dienone is 2. The van der Waals surface area contributed by atoms with Gasteiger partial charge in [0.25, 0.3) is 0 Å². The average molecular weight is 340 g/mol. The Hall–Kier alpha value is -1.83. The Bertz CT molecular complexity index is 726. The van der Waals surface area contributed by atoms with Crippen LogP contribution in [0.15, 0.2) is 47.3 Å². The topological polar surface area (TPSA) is 22.0 Å². The molecule has 0 aliphatic rings. The lowest BCUT2D eigenvalue weighted by Gasteiger charge is -2.11. The molecule has 2 rings (SSSR count). The van der Waals surface area contributed by atoms with Gasteiger partial charge >= 0.3 is 0 Å². The number of para-hydroxylation sites is 1. The van der Waals surface area contributed by atoms with Crippen LogP contribution in [-0.4, -0.2) is 4.57 Å².